The third kappa shape index (κ3) is 5.21. The predicted molar refractivity (Wildman–Crippen MR) is 83.7 cm³/mol. The van der Waals surface area contributed by atoms with E-state index in [2.05, 4.69) is 21.2 Å². The first kappa shape index (κ1) is 16.6. The van der Waals surface area contributed by atoms with Crippen LogP contribution in [0.25, 0.3) is 0 Å². The molecule has 0 bridgehead atoms. The first-order chi connectivity index (χ1) is 8.79. The maximum absolute atomic E-state index is 5.80. The molecule has 1 aliphatic heterocycles. The third-order valence-electron chi connectivity index (χ3n) is 3.28. The van der Waals surface area contributed by atoms with Crippen LogP contribution in [-0.2, 0) is 0 Å². The fourth-order valence-corrected chi connectivity index (χ4v) is 2.68. The molecule has 1 atom stereocenters. The number of benzene rings is 1. The Morgan fingerprint density at radius 1 is 1.37 bits per heavy atom. The van der Waals surface area contributed by atoms with E-state index in [0.717, 1.165) is 35.5 Å². The molecule has 0 aliphatic carbocycles. The minimum absolute atomic E-state index is 0. The van der Waals surface area contributed by atoms with Crippen molar-refractivity contribution in [3.05, 3.63) is 22.7 Å². The molecule has 108 valence electrons. The molecule has 1 unspecified atom stereocenters. The normalized spacial score (nSPS) is 18.5. The molecule has 0 aromatic heterocycles. The van der Waals surface area contributed by atoms with Crippen LogP contribution >= 0.6 is 28.3 Å². The van der Waals surface area contributed by atoms with Crippen molar-refractivity contribution >= 4 is 28.3 Å². The second-order valence-electron chi connectivity index (χ2n) is 4.58. The van der Waals surface area contributed by atoms with Gasteiger partial charge in [-0.1, -0.05) is 6.42 Å². The molecule has 5 heteroatoms. The molecular weight excluding hydrogens is 330 g/mol. The third-order valence-corrected chi connectivity index (χ3v) is 3.90. The summed E-state index contributed by atoms with van der Waals surface area (Å²) in [5.74, 6) is 1.72. The van der Waals surface area contributed by atoms with Crippen molar-refractivity contribution < 1.29 is 9.47 Å². The highest BCUT2D eigenvalue weighted by Crippen LogP contribution is 2.29. The number of rotatable bonds is 5. The monoisotopic (exact) mass is 349 g/mol. The molecule has 1 fully saturated rings. The van der Waals surface area contributed by atoms with Gasteiger partial charge in [0, 0.05) is 6.04 Å². The first-order valence-electron chi connectivity index (χ1n) is 6.49. The number of halogens is 2. The van der Waals surface area contributed by atoms with Crippen molar-refractivity contribution in [2.45, 2.75) is 31.7 Å². The summed E-state index contributed by atoms with van der Waals surface area (Å²) in [6, 6.07) is 6.40. The Kier molecular flexibility index (Phi) is 7.57. The second-order valence-corrected chi connectivity index (χ2v) is 5.43. The van der Waals surface area contributed by atoms with Crippen molar-refractivity contribution in [3.8, 4) is 11.5 Å². The van der Waals surface area contributed by atoms with Gasteiger partial charge in [-0.05, 0) is 59.9 Å². The summed E-state index contributed by atoms with van der Waals surface area (Å²) in [5.41, 5.74) is 0. The minimum atomic E-state index is 0. The largest absolute Gasteiger partial charge is 0.497 e. The molecule has 0 spiro atoms. The number of methoxy groups -OCH3 is 1. The van der Waals surface area contributed by atoms with Gasteiger partial charge in [0.05, 0.1) is 18.2 Å². The number of hydrogen-bond donors (Lipinski definition) is 1. The molecule has 0 amide bonds. The predicted octanol–water partition coefficient (Wildman–Crippen LogP) is 3.79. The molecule has 3 nitrogen and oxygen atoms in total. The van der Waals surface area contributed by atoms with Crippen LogP contribution in [0.15, 0.2) is 22.7 Å². The van der Waals surface area contributed by atoms with Gasteiger partial charge in [0.2, 0.25) is 0 Å². The Labute approximate surface area is 129 Å². The van der Waals surface area contributed by atoms with Crippen molar-refractivity contribution in [1.82, 2.24) is 5.32 Å². The lowest BCUT2D eigenvalue weighted by Crippen LogP contribution is -2.35. The van der Waals surface area contributed by atoms with Crippen LogP contribution in [0.1, 0.15) is 25.7 Å². The molecule has 1 saturated heterocycles. The lowest BCUT2D eigenvalue weighted by molar-refractivity contribution is 0.266. The fraction of sp³-hybridized carbons (Fsp3) is 0.571. The molecule has 0 saturated carbocycles. The smallest absolute Gasteiger partial charge is 0.133 e. The summed E-state index contributed by atoms with van der Waals surface area (Å²) in [6.45, 7) is 1.90. The van der Waals surface area contributed by atoms with E-state index in [1.165, 1.54) is 19.3 Å². The van der Waals surface area contributed by atoms with Crippen molar-refractivity contribution in [1.29, 1.82) is 0 Å². The van der Waals surface area contributed by atoms with E-state index in [-0.39, 0.29) is 12.4 Å². The summed E-state index contributed by atoms with van der Waals surface area (Å²) in [7, 11) is 1.66. The van der Waals surface area contributed by atoms with E-state index in [9.17, 15) is 0 Å². The molecule has 0 radical (unpaired) electrons. The molecule has 2 rings (SSSR count). The van der Waals surface area contributed by atoms with Crippen LogP contribution in [0, 0.1) is 0 Å². The van der Waals surface area contributed by atoms with E-state index < -0.39 is 0 Å². The Hall–Kier alpha value is -0.450. The molecule has 1 aliphatic rings. The number of hydrogen-bond acceptors (Lipinski definition) is 3. The van der Waals surface area contributed by atoms with E-state index >= 15 is 0 Å². The summed E-state index contributed by atoms with van der Waals surface area (Å²) in [6.07, 6.45) is 4.98. The Balaban J connectivity index is 0.00000180. The van der Waals surface area contributed by atoms with Gasteiger partial charge < -0.3 is 14.8 Å². The minimum Gasteiger partial charge on any atom is -0.497 e. The SMILES string of the molecule is COc1ccc(OCCC2CCCCN2)c(Br)c1.Cl. The highest BCUT2D eigenvalue weighted by Gasteiger charge is 2.12. The van der Waals surface area contributed by atoms with Crippen LogP contribution < -0.4 is 14.8 Å². The van der Waals surface area contributed by atoms with Gasteiger partial charge in [-0.15, -0.1) is 12.4 Å². The van der Waals surface area contributed by atoms with Crippen LogP contribution in [0.5, 0.6) is 11.5 Å². The summed E-state index contributed by atoms with van der Waals surface area (Å²) >= 11 is 3.49. The summed E-state index contributed by atoms with van der Waals surface area (Å²) < 4.78 is 11.9. The Morgan fingerprint density at radius 2 is 2.21 bits per heavy atom. The number of piperidine rings is 1. The van der Waals surface area contributed by atoms with E-state index in [4.69, 9.17) is 9.47 Å². The fourth-order valence-electron chi connectivity index (χ4n) is 2.21. The van der Waals surface area contributed by atoms with Gasteiger partial charge in [0.1, 0.15) is 11.5 Å². The van der Waals surface area contributed by atoms with Gasteiger partial charge in [0.25, 0.3) is 0 Å². The van der Waals surface area contributed by atoms with E-state index in [0.29, 0.717) is 6.04 Å². The second kappa shape index (κ2) is 8.67. The topological polar surface area (TPSA) is 30.5 Å². The van der Waals surface area contributed by atoms with Gasteiger partial charge in [0.15, 0.2) is 0 Å². The van der Waals surface area contributed by atoms with Crippen molar-refractivity contribution in [3.63, 3.8) is 0 Å². The lowest BCUT2D eigenvalue weighted by atomic mass is 10.0. The van der Waals surface area contributed by atoms with Crippen molar-refractivity contribution in [2.75, 3.05) is 20.3 Å². The average Bonchev–Trinajstić information content (AvgIpc) is 2.42. The zero-order valence-electron chi connectivity index (χ0n) is 11.2. The highest BCUT2D eigenvalue weighted by molar-refractivity contribution is 9.10. The summed E-state index contributed by atoms with van der Waals surface area (Å²) in [4.78, 5) is 0. The quantitative estimate of drug-likeness (QED) is 0.876. The first-order valence-corrected chi connectivity index (χ1v) is 7.28. The zero-order valence-corrected chi connectivity index (χ0v) is 13.6. The zero-order chi connectivity index (χ0) is 12.8. The van der Waals surface area contributed by atoms with E-state index in [1.807, 2.05) is 18.2 Å². The highest BCUT2D eigenvalue weighted by atomic mass is 79.9. The van der Waals surface area contributed by atoms with Crippen molar-refractivity contribution in [2.24, 2.45) is 0 Å². The summed E-state index contributed by atoms with van der Waals surface area (Å²) in [5, 5.41) is 3.53. The molecule has 19 heavy (non-hydrogen) atoms. The molecule has 1 aromatic carbocycles. The Morgan fingerprint density at radius 3 is 2.84 bits per heavy atom. The number of ether oxygens (including phenoxy) is 2. The van der Waals surface area contributed by atoms with Crippen LogP contribution in [0.3, 0.4) is 0 Å². The Bertz CT molecular complexity index is 384. The average molecular weight is 351 g/mol. The van der Waals surface area contributed by atoms with Crippen LogP contribution in [-0.4, -0.2) is 26.3 Å². The maximum atomic E-state index is 5.80. The van der Waals surface area contributed by atoms with E-state index in [1.54, 1.807) is 7.11 Å². The van der Waals surface area contributed by atoms with Crippen LogP contribution in [0.4, 0.5) is 0 Å². The molecular formula is C14H21BrClNO2. The maximum Gasteiger partial charge on any atom is 0.133 e. The molecule has 1 heterocycles. The lowest BCUT2D eigenvalue weighted by Gasteiger charge is -2.23. The number of nitrogens with one attached hydrogen (secondary N) is 1. The van der Waals surface area contributed by atoms with Gasteiger partial charge in [-0.2, -0.15) is 0 Å². The van der Waals surface area contributed by atoms with Gasteiger partial charge >= 0.3 is 0 Å². The molecule has 1 aromatic rings. The molecule has 1 N–H and O–H groups in total. The van der Waals surface area contributed by atoms with Gasteiger partial charge in [-0.3, -0.25) is 0 Å². The van der Waals surface area contributed by atoms with Crippen LogP contribution in [0.2, 0.25) is 0 Å². The standard InChI is InChI=1S/C14H20BrNO2.ClH/c1-17-12-5-6-14(13(15)10-12)18-9-7-11-4-2-3-8-16-11;/h5-6,10-11,16H,2-4,7-9H2,1H3;1H. The van der Waals surface area contributed by atoms with Gasteiger partial charge in [-0.25, -0.2) is 0 Å².